The quantitative estimate of drug-likeness (QED) is 0.284. The minimum Gasteiger partial charge on any atom is -0.550 e. The number of para-hydroxylation sites is 4. The normalized spacial score (nSPS) is 9.73. The van der Waals surface area contributed by atoms with Crippen molar-refractivity contribution in [2.75, 3.05) is 22.9 Å². The van der Waals surface area contributed by atoms with E-state index < -0.39 is 11.9 Å². The van der Waals surface area contributed by atoms with Gasteiger partial charge in [-0.2, -0.15) is 0 Å². The third-order valence-corrected chi connectivity index (χ3v) is 5.35. The average molecular weight is 539 g/mol. The fourth-order valence-corrected chi connectivity index (χ4v) is 3.65. The van der Waals surface area contributed by atoms with E-state index in [1.165, 1.54) is 0 Å². The minimum atomic E-state index is -1.04. The Balaban J connectivity index is 0.000000253. The molecule has 0 unspecified atom stereocenters. The van der Waals surface area contributed by atoms with Gasteiger partial charge in [0.05, 0.1) is 0 Å². The summed E-state index contributed by atoms with van der Waals surface area (Å²) in [6.45, 7) is 0.798. The van der Waals surface area contributed by atoms with E-state index in [2.05, 4.69) is 0 Å². The Bertz CT molecular complexity index is 1020. The number of nitrogens with zero attached hydrogens (tertiary/aromatic N) is 2. The molecule has 0 bridgehead atoms. The van der Waals surface area contributed by atoms with Crippen LogP contribution in [0.15, 0.2) is 121 Å². The van der Waals surface area contributed by atoms with Gasteiger partial charge in [0.25, 0.3) is 0 Å². The monoisotopic (exact) mass is 538 g/mol. The third-order valence-electron chi connectivity index (χ3n) is 5.35. The molecule has 0 saturated heterocycles. The summed E-state index contributed by atoms with van der Waals surface area (Å²) in [4.78, 5) is 25.2. The Labute approximate surface area is 227 Å². The predicted octanol–water partition coefficient (Wildman–Crippen LogP) is 3.93. The fourth-order valence-electron chi connectivity index (χ4n) is 3.65. The maximum absolute atomic E-state index is 10.6. The summed E-state index contributed by atoms with van der Waals surface area (Å²) in [5, 5.41) is 21.3. The van der Waals surface area contributed by atoms with Crippen LogP contribution in [0, 0.1) is 0 Å². The van der Waals surface area contributed by atoms with Crippen molar-refractivity contribution in [3.05, 3.63) is 121 Å². The van der Waals surface area contributed by atoms with Crippen molar-refractivity contribution in [2.24, 2.45) is 0 Å². The van der Waals surface area contributed by atoms with E-state index in [-0.39, 0.29) is 29.3 Å². The van der Waals surface area contributed by atoms with E-state index in [0.717, 1.165) is 22.7 Å². The number of rotatable bonds is 10. The van der Waals surface area contributed by atoms with Gasteiger partial charge in [0.15, 0.2) is 0 Å². The first-order chi connectivity index (χ1) is 17.5. The molecule has 4 rings (SSSR count). The predicted molar refractivity (Wildman–Crippen MR) is 139 cm³/mol. The molecule has 7 heteroatoms. The standard InChI is InChI=1S/2C15H15NO2.Ni/c2*17-15(18)11-12-16(13-7-3-1-4-8-13)14-9-5-2-6-10-14;/h2*1-10H,11-12H2,(H,17,18);/q;;+2/p-2. The van der Waals surface area contributed by atoms with Crippen molar-refractivity contribution < 1.29 is 36.3 Å². The second-order valence-corrected chi connectivity index (χ2v) is 7.89. The molecule has 0 aliphatic rings. The van der Waals surface area contributed by atoms with Crippen molar-refractivity contribution in [1.82, 2.24) is 0 Å². The zero-order valence-corrected chi connectivity index (χ0v) is 21.2. The first-order valence-corrected chi connectivity index (χ1v) is 11.7. The zero-order chi connectivity index (χ0) is 25.6. The number of benzene rings is 4. The summed E-state index contributed by atoms with van der Waals surface area (Å²) in [6, 6.07) is 38.9. The number of hydrogen-bond donors (Lipinski definition) is 0. The molecule has 0 heterocycles. The van der Waals surface area contributed by atoms with E-state index in [9.17, 15) is 19.8 Å². The molecule has 0 N–H and O–H groups in total. The van der Waals surface area contributed by atoms with Crippen LogP contribution in [0.4, 0.5) is 22.7 Å². The molecule has 6 nitrogen and oxygen atoms in total. The summed E-state index contributed by atoms with van der Waals surface area (Å²) in [7, 11) is 0. The van der Waals surface area contributed by atoms with E-state index in [1.807, 2.05) is 131 Å². The van der Waals surface area contributed by atoms with Crippen LogP contribution >= 0.6 is 0 Å². The fraction of sp³-hybridized carbons (Fsp3) is 0.133. The van der Waals surface area contributed by atoms with E-state index in [1.54, 1.807) is 0 Å². The Morgan fingerprint density at radius 2 is 0.676 bits per heavy atom. The van der Waals surface area contributed by atoms with Crippen molar-refractivity contribution in [3.63, 3.8) is 0 Å². The number of carboxylic acids is 2. The number of carboxylic acid groups (broad SMARTS) is 2. The van der Waals surface area contributed by atoms with Gasteiger partial charge in [-0.05, 0) is 48.5 Å². The molecule has 0 aromatic heterocycles. The maximum atomic E-state index is 10.6. The molecule has 192 valence electrons. The van der Waals surface area contributed by atoms with Gasteiger partial charge in [0.1, 0.15) is 0 Å². The molecule has 4 aromatic rings. The van der Waals surface area contributed by atoms with Gasteiger partial charge in [0, 0.05) is 60.6 Å². The average Bonchev–Trinajstić information content (AvgIpc) is 2.91. The van der Waals surface area contributed by atoms with Crippen LogP contribution < -0.4 is 20.0 Å². The number of hydrogen-bond acceptors (Lipinski definition) is 6. The summed E-state index contributed by atoms with van der Waals surface area (Å²) in [5.41, 5.74) is 3.91. The topological polar surface area (TPSA) is 86.7 Å². The van der Waals surface area contributed by atoms with Crippen LogP contribution in [0.5, 0.6) is 0 Å². The summed E-state index contributed by atoms with van der Waals surface area (Å²) in [5.74, 6) is -2.07. The molecule has 0 radical (unpaired) electrons. The van der Waals surface area contributed by atoms with E-state index in [0.29, 0.717) is 13.1 Å². The minimum absolute atomic E-state index is 0. The molecule has 0 saturated carbocycles. The van der Waals surface area contributed by atoms with Crippen molar-refractivity contribution in [1.29, 1.82) is 0 Å². The molecule has 0 aliphatic heterocycles. The van der Waals surface area contributed by atoms with E-state index >= 15 is 0 Å². The first-order valence-electron chi connectivity index (χ1n) is 11.7. The molecule has 0 atom stereocenters. The van der Waals surface area contributed by atoms with Crippen LogP contribution in [0.2, 0.25) is 0 Å². The number of carbonyl (C=O) groups excluding carboxylic acids is 2. The van der Waals surface area contributed by atoms with Gasteiger partial charge in [-0.3, -0.25) is 0 Å². The molecule has 37 heavy (non-hydrogen) atoms. The number of anilines is 4. The molecular formula is C30H28N2NiO4. The van der Waals surface area contributed by atoms with Gasteiger partial charge in [0.2, 0.25) is 0 Å². The van der Waals surface area contributed by atoms with Gasteiger partial charge in [-0.25, -0.2) is 0 Å². The summed E-state index contributed by atoms with van der Waals surface area (Å²) < 4.78 is 0. The van der Waals surface area contributed by atoms with Crippen molar-refractivity contribution >= 4 is 34.7 Å². The SMILES string of the molecule is O=C([O-])CCN(c1ccccc1)c1ccccc1.O=C([O-])CCN(c1ccccc1)c1ccccc1.[Ni+2]. The zero-order valence-electron chi connectivity index (χ0n) is 20.2. The Hall–Kier alpha value is -4.09. The van der Waals surface area contributed by atoms with Crippen LogP contribution in [0.25, 0.3) is 0 Å². The summed E-state index contributed by atoms with van der Waals surface area (Å²) in [6.07, 6.45) is 0.00752. The first kappa shape index (κ1) is 29.1. The molecule has 0 spiro atoms. The van der Waals surface area contributed by atoms with Crippen molar-refractivity contribution in [3.8, 4) is 0 Å². The van der Waals surface area contributed by atoms with Crippen LogP contribution in [0.3, 0.4) is 0 Å². The largest absolute Gasteiger partial charge is 2.00 e. The van der Waals surface area contributed by atoms with Gasteiger partial charge >= 0.3 is 16.5 Å². The second kappa shape index (κ2) is 15.8. The maximum Gasteiger partial charge on any atom is 2.00 e. The van der Waals surface area contributed by atoms with Crippen LogP contribution in [-0.4, -0.2) is 25.0 Å². The van der Waals surface area contributed by atoms with Gasteiger partial charge in [-0.15, -0.1) is 0 Å². The van der Waals surface area contributed by atoms with Crippen LogP contribution in [0.1, 0.15) is 12.8 Å². The van der Waals surface area contributed by atoms with Gasteiger partial charge in [-0.1, -0.05) is 72.8 Å². The van der Waals surface area contributed by atoms with Gasteiger partial charge < -0.3 is 29.6 Å². The Kier molecular flexibility index (Phi) is 12.5. The molecular weight excluding hydrogens is 511 g/mol. The molecule has 0 fully saturated rings. The Morgan fingerprint density at radius 3 is 0.865 bits per heavy atom. The summed E-state index contributed by atoms with van der Waals surface area (Å²) >= 11 is 0. The van der Waals surface area contributed by atoms with Crippen molar-refractivity contribution in [2.45, 2.75) is 12.8 Å². The number of carbonyl (C=O) groups is 2. The second-order valence-electron chi connectivity index (χ2n) is 7.89. The third kappa shape index (κ3) is 9.82. The van der Waals surface area contributed by atoms with Crippen LogP contribution in [-0.2, 0) is 26.1 Å². The smallest absolute Gasteiger partial charge is 0.550 e. The molecule has 0 aliphatic carbocycles. The molecule has 0 amide bonds. The number of aliphatic carboxylic acids is 2. The van der Waals surface area contributed by atoms with E-state index in [4.69, 9.17) is 0 Å². The molecule has 4 aromatic carbocycles. The Morgan fingerprint density at radius 1 is 0.459 bits per heavy atom.